The fourth-order valence-corrected chi connectivity index (χ4v) is 3.09. The number of halogens is 1. The van der Waals surface area contributed by atoms with E-state index in [9.17, 15) is 0 Å². The third-order valence-corrected chi connectivity index (χ3v) is 3.83. The Bertz CT molecular complexity index is 350. The largest absolute Gasteiger partial charge is 0.325 e. The van der Waals surface area contributed by atoms with E-state index in [4.69, 9.17) is 5.73 Å². The predicted molar refractivity (Wildman–Crippen MR) is 67.8 cm³/mol. The fourth-order valence-electron chi connectivity index (χ4n) is 2.65. The Morgan fingerprint density at radius 1 is 1.53 bits per heavy atom. The molecule has 0 amide bonds. The van der Waals surface area contributed by atoms with E-state index in [-0.39, 0.29) is 5.54 Å². The number of nitrogens with two attached hydrogens (primary N) is 1. The highest BCUT2D eigenvalue weighted by Crippen LogP contribution is 2.34. The van der Waals surface area contributed by atoms with Crippen molar-refractivity contribution in [2.45, 2.75) is 38.1 Å². The highest BCUT2D eigenvalue weighted by molar-refractivity contribution is 9.10. The van der Waals surface area contributed by atoms with E-state index < -0.39 is 0 Å². The van der Waals surface area contributed by atoms with Gasteiger partial charge in [0.25, 0.3) is 0 Å². The lowest BCUT2D eigenvalue weighted by atomic mass is 9.89. The summed E-state index contributed by atoms with van der Waals surface area (Å²) in [5, 5.41) is 0. The molecule has 1 aliphatic carbocycles. The first kappa shape index (κ1) is 11.2. The molecule has 1 fully saturated rings. The summed E-state index contributed by atoms with van der Waals surface area (Å²) in [6.07, 6.45) is 4.63. The second kappa shape index (κ2) is 4.26. The van der Waals surface area contributed by atoms with Crippen molar-refractivity contribution in [2.24, 2.45) is 11.7 Å². The molecule has 1 aromatic rings. The van der Waals surface area contributed by atoms with Gasteiger partial charge in [0.2, 0.25) is 0 Å². The zero-order valence-corrected chi connectivity index (χ0v) is 10.8. The number of rotatable bonds is 2. The van der Waals surface area contributed by atoms with E-state index in [1.165, 1.54) is 24.8 Å². The molecule has 2 unspecified atom stereocenters. The Labute approximate surface area is 100 Å². The summed E-state index contributed by atoms with van der Waals surface area (Å²) in [6.45, 7) is 2.30. The first-order valence-corrected chi connectivity index (χ1v) is 6.40. The summed E-state index contributed by atoms with van der Waals surface area (Å²) in [7, 11) is 0. The molecule has 0 saturated heterocycles. The van der Waals surface area contributed by atoms with Crippen molar-refractivity contribution in [1.82, 2.24) is 0 Å². The molecule has 0 bridgehead atoms. The summed E-state index contributed by atoms with van der Waals surface area (Å²) in [5.41, 5.74) is 7.81. The molecule has 2 rings (SSSR count). The van der Waals surface area contributed by atoms with Crippen LogP contribution in [0.25, 0.3) is 0 Å². The van der Waals surface area contributed by atoms with Gasteiger partial charge in [0, 0.05) is 10.0 Å². The molecule has 0 aliphatic heterocycles. The molecule has 15 heavy (non-hydrogen) atoms. The van der Waals surface area contributed by atoms with Crippen LogP contribution in [0.4, 0.5) is 0 Å². The first-order chi connectivity index (χ1) is 7.07. The molecule has 0 heterocycles. The lowest BCUT2D eigenvalue weighted by molar-refractivity contribution is 0.419. The van der Waals surface area contributed by atoms with Gasteiger partial charge in [0.1, 0.15) is 0 Å². The normalized spacial score (nSPS) is 30.7. The third-order valence-electron chi connectivity index (χ3n) is 3.34. The van der Waals surface area contributed by atoms with E-state index in [0.717, 1.165) is 16.8 Å². The fraction of sp³-hybridized carbons (Fsp3) is 0.538. The summed E-state index contributed by atoms with van der Waals surface area (Å²) in [6, 6.07) is 8.49. The predicted octanol–water partition coefficient (Wildman–Crippen LogP) is 3.51. The zero-order chi connectivity index (χ0) is 10.9. The lowest BCUT2D eigenvalue weighted by Gasteiger charge is -2.24. The molecule has 2 N–H and O–H groups in total. The molecule has 2 heteroatoms. The molecule has 1 aliphatic rings. The topological polar surface area (TPSA) is 26.0 Å². The van der Waals surface area contributed by atoms with E-state index in [1.807, 2.05) is 0 Å². The van der Waals surface area contributed by atoms with Crippen molar-refractivity contribution in [2.75, 3.05) is 0 Å². The van der Waals surface area contributed by atoms with Gasteiger partial charge < -0.3 is 5.73 Å². The number of hydrogen-bond donors (Lipinski definition) is 1. The van der Waals surface area contributed by atoms with Crippen LogP contribution < -0.4 is 5.73 Å². The van der Waals surface area contributed by atoms with Crippen molar-refractivity contribution in [1.29, 1.82) is 0 Å². The molecular weight excluding hydrogens is 250 g/mol. The van der Waals surface area contributed by atoms with Gasteiger partial charge in [0.15, 0.2) is 0 Å². The number of benzene rings is 1. The third kappa shape index (κ3) is 2.82. The Hall–Kier alpha value is -0.340. The van der Waals surface area contributed by atoms with Crippen LogP contribution in [-0.4, -0.2) is 5.54 Å². The van der Waals surface area contributed by atoms with Crippen molar-refractivity contribution in [3.8, 4) is 0 Å². The molecule has 1 saturated carbocycles. The maximum absolute atomic E-state index is 6.42. The molecule has 0 aromatic heterocycles. The van der Waals surface area contributed by atoms with Crippen LogP contribution in [0, 0.1) is 5.92 Å². The second-order valence-corrected chi connectivity index (χ2v) is 5.93. The van der Waals surface area contributed by atoms with E-state index >= 15 is 0 Å². The summed E-state index contributed by atoms with van der Waals surface area (Å²) < 4.78 is 1.15. The SMILES string of the molecule is CC1CCC(N)(Cc2cccc(Br)c2)C1. The van der Waals surface area contributed by atoms with Gasteiger partial charge in [-0.15, -0.1) is 0 Å². The van der Waals surface area contributed by atoms with E-state index in [1.54, 1.807) is 0 Å². The van der Waals surface area contributed by atoms with Crippen molar-refractivity contribution in [3.05, 3.63) is 34.3 Å². The Kier molecular flexibility index (Phi) is 3.17. The minimum atomic E-state index is 0.0419. The zero-order valence-electron chi connectivity index (χ0n) is 9.17. The second-order valence-electron chi connectivity index (χ2n) is 5.02. The minimum Gasteiger partial charge on any atom is -0.325 e. The Morgan fingerprint density at radius 3 is 2.93 bits per heavy atom. The summed E-state index contributed by atoms with van der Waals surface area (Å²) in [4.78, 5) is 0. The molecule has 1 nitrogen and oxygen atoms in total. The molecule has 0 spiro atoms. The standard InChI is InChI=1S/C13H18BrN/c1-10-5-6-13(15,8-10)9-11-3-2-4-12(14)7-11/h2-4,7,10H,5-6,8-9,15H2,1H3. The monoisotopic (exact) mass is 267 g/mol. The smallest absolute Gasteiger partial charge is 0.0197 e. The minimum absolute atomic E-state index is 0.0419. The van der Waals surface area contributed by atoms with Gasteiger partial charge in [0.05, 0.1) is 0 Å². The van der Waals surface area contributed by atoms with Gasteiger partial charge in [-0.25, -0.2) is 0 Å². The van der Waals surface area contributed by atoms with Crippen LogP contribution in [0.5, 0.6) is 0 Å². The van der Waals surface area contributed by atoms with Gasteiger partial charge in [-0.05, 0) is 49.3 Å². The van der Waals surface area contributed by atoms with Crippen molar-refractivity contribution >= 4 is 15.9 Å². The summed E-state index contributed by atoms with van der Waals surface area (Å²) in [5.74, 6) is 0.794. The average Bonchev–Trinajstić information content (AvgIpc) is 2.45. The number of hydrogen-bond acceptors (Lipinski definition) is 1. The Balaban J connectivity index is 2.08. The molecule has 0 radical (unpaired) electrons. The van der Waals surface area contributed by atoms with Crippen LogP contribution in [0.3, 0.4) is 0 Å². The molecule has 2 atom stereocenters. The van der Waals surface area contributed by atoms with Gasteiger partial charge in [-0.2, -0.15) is 0 Å². The molecule has 82 valence electrons. The maximum atomic E-state index is 6.42. The van der Waals surface area contributed by atoms with Crippen LogP contribution in [-0.2, 0) is 6.42 Å². The van der Waals surface area contributed by atoms with Crippen LogP contribution in [0.15, 0.2) is 28.7 Å². The first-order valence-electron chi connectivity index (χ1n) is 5.61. The highest BCUT2D eigenvalue weighted by Gasteiger charge is 2.33. The van der Waals surface area contributed by atoms with Crippen LogP contribution >= 0.6 is 15.9 Å². The van der Waals surface area contributed by atoms with Gasteiger partial charge in [-0.3, -0.25) is 0 Å². The van der Waals surface area contributed by atoms with Gasteiger partial charge in [-0.1, -0.05) is 35.0 Å². The maximum Gasteiger partial charge on any atom is 0.0197 e. The average molecular weight is 268 g/mol. The quantitative estimate of drug-likeness (QED) is 0.872. The lowest BCUT2D eigenvalue weighted by Crippen LogP contribution is -2.39. The van der Waals surface area contributed by atoms with Gasteiger partial charge >= 0.3 is 0 Å². The van der Waals surface area contributed by atoms with E-state index in [2.05, 4.69) is 47.1 Å². The summed E-state index contributed by atoms with van der Waals surface area (Å²) >= 11 is 3.50. The molecule has 1 aromatic carbocycles. The van der Waals surface area contributed by atoms with Crippen LogP contribution in [0.2, 0.25) is 0 Å². The van der Waals surface area contributed by atoms with Crippen molar-refractivity contribution < 1.29 is 0 Å². The van der Waals surface area contributed by atoms with E-state index in [0.29, 0.717) is 0 Å². The van der Waals surface area contributed by atoms with Crippen LogP contribution in [0.1, 0.15) is 31.7 Å². The molecular formula is C13H18BrN. The highest BCUT2D eigenvalue weighted by atomic mass is 79.9. The van der Waals surface area contributed by atoms with Crippen molar-refractivity contribution in [3.63, 3.8) is 0 Å². The Morgan fingerprint density at radius 2 is 2.33 bits per heavy atom.